The molecule has 1 N–H and O–H groups in total. The van der Waals surface area contributed by atoms with Crippen LogP contribution in [0.2, 0.25) is 0 Å². The Labute approximate surface area is 160 Å². The summed E-state index contributed by atoms with van der Waals surface area (Å²) in [5.74, 6) is -2.97. The molecule has 0 unspecified atom stereocenters. The summed E-state index contributed by atoms with van der Waals surface area (Å²) in [6.45, 7) is 0. The first-order chi connectivity index (χ1) is 13.3. The number of nitrogens with zero attached hydrogens (tertiary/aromatic N) is 2. The van der Waals surface area contributed by atoms with Crippen molar-refractivity contribution in [2.45, 2.75) is 0 Å². The lowest BCUT2D eigenvalue weighted by Crippen LogP contribution is -2.54. The van der Waals surface area contributed by atoms with Gasteiger partial charge in [-0.3, -0.25) is 14.9 Å². The molecule has 28 heavy (non-hydrogen) atoms. The predicted molar refractivity (Wildman–Crippen MR) is 101 cm³/mol. The van der Waals surface area contributed by atoms with Gasteiger partial charge in [0.2, 0.25) is 0 Å². The Bertz CT molecular complexity index is 992. The van der Waals surface area contributed by atoms with Crippen LogP contribution in [0.3, 0.4) is 0 Å². The van der Waals surface area contributed by atoms with Crippen LogP contribution < -0.4 is 20.2 Å². The molecule has 2 aromatic rings. The van der Waals surface area contributed by atoms with Crippen LogP contribution in [0.1, 0.15) is 15.9 Å². The number of urea groups is 1. The Hall–Kier alpha value is -3.94. The summed E-state index contributed by atoms with van der Waals surface area (Å²) in [7, 11) is 3.78. The number of barbiturate groups is 1. The smallest absolute Gasteiger partial charge is 0.335 e. The first-order valence-corrected chi connectivity index (χ1v) is 8.28. The lowest BCUT2D eigenvalue weighted by atomic mass is 10.1. The number of anilines is 2. The second-order valence-corrected chi connectivity index (χ2v) is 6.28. The zero-order valence-corrected chi connectivity index (χ0v) is 15.1. The van der Waals surface area contributed by atoms with E-state index < -0.39 is 23.8 Å². The summed E-state index contributed by atoms with van der Waals surface area (Å²) in [4.78, 5) is 50.7. The Morgan fingerprint density at radius 3 is 2.14 bits per heavy atom. The van der Waals surface area contributed by atoms with E-state index in [2.05, 4.69) is 5.32 Å². The van der Waals surface area contributed by atoms with Gasteiger partial charge in [0.1, 0.15) is 5.57 Å². The number of carbonyl (C=O) groups excluding carboxylic acids is 4. The topological polar surface area (TPSA) is 110 Å². The zero-order valence-electron chi connectivity index (χ0n) is 15.1. The maximum atomic E-state index is 12.8. The number of carboxylic acid groups (broad SMARTS) is 1. The highest BCUT2D eigenvalue weighted by Crippen LogP contribution is 2.23. The number of nitrogens with one attached hydrogen (secondary N) is 1. The molecule has 1 aliphatic heterocycles. The van der Waals surface area contributed by atoms with Crippen molar-refractivity contribution in [3.05, 3.63) is 65.2 Å². The van der Waals surface area contributed by atoms with Gasteiger partial charge in [-0.2, -0.15) is 0 Å². The average Bonchev–Trinajstić information content (AvgIpc) is 2.65. The molecule has 1 aliphatic rings. The number of aromatic carboxylic acids is 1. The largest absolute Gasteiger partial charge is 0.545 e. The van der Waals surface area contributed by atoms with Gasteiger partial charge < -0.3 is 14.8 Å². The van der Waals surface area contributed by atoms with Crippen LogP contribution in [-0.2, 0) is 9.59 Å². The van der Waals surface area contributed by atoms with E-state index in [1.54, 1.807) is 12.1 Å². The molecule has 4 amide bonds. The molecular weight excluding hydrogens is 362 g/mol. The highest BCUT2D eigenvalue weighted by Gasteiger charge is 2.36. The standard InChI is InChI=1S/C20H17N3O5/c1-22(2)14-7-3-12(4-8-14)11-16-17(24)21-20(28)23(18(16)25)15-9-5-13(6-10-15)19(26)27/h3-11H,1-2H3,(H,26,27)(H,21,24,28)/p-1/b16-11-. The number of benzene rings is 2. The number of imide groups is 2. The second kappa shape index (κ2) is 7.36. The van der Waals surface area contributed by atoms with E-state index in [1.807, 2.05) is 31.1 Å². The van der Waals surface area contributed by atoms with Crippen molar-refractivity contribution < 1.29 is 24.3 Å². The van der Waals surface area contributed by atoms with Crippen molar-refractivity contribution in [1.82, 2.24) is 5.32 Å². The molecule has 8 nitrogen and oxygen atoms in total. The van der Waals surface area contributed by atoms with E-state index in [1.165, 1.54) is 30.3 Å². The summed E-state index contributed by atoms with van der Waals surface area (Å²) < 4.78 is 0. The minimum Gasteiger partial charge on any atom is -0.545 e. The molecule has 1 saturated heterocycles. The fourth-order valence-electron chi connectivity index (χ4n) is 2.67. The van der Waals surface area contributed by atoms with E-state index >= 15 is 0 Å². The Morgan fingerprint density at radius 1 is 1.00 bits per heavy atom. The molecule has 0 spiro atoms. The van der Waals surface area contributed by atoms with Crippen molar-refractivity contribution in [1.29, 1.82) is 0 Å². The number of amides is 4. The van der Waals surface area contributed by atoms with Gasteiger partial charge >= 0.3 is 6.03 Å². The van der Waals surface area contributed by atoms with Gasteiger partial charge in [0.25, 0.3) is 11.8 Å². The Balaban J connectivity index is 1.94. The molecule has 2 aromatic carbocycles. The average molecular weight is 378 g/mol. The van der Waals surface area contributed by atoms with Crippen LogP contribution in [0.5, 0.6) is 0 Å². The van der Waals surface area contributed by atoms with Crippen molar-refractivity contribution in [2.24, 2.45) is 0 Å². The summed E-state index contributed by atoms with van der Waals surface area (Å²) in [5.41, 5.74) is 1.40. The molecule has 1 heterocycles. The highest BCUT2D eigenvalue weighted by atomic mass is 16.4. The number of hydrogen-bond donors (Lipinski definition) is 1. The van der Waals surface area contributed by atoms with Gasteiger partial charge in [0.15, 0.2) is 0 Å². The molecule has 0 bridgehead atoms. The maximum absolute atomic E-state index is 12.8. The Morgan fingerprint density at radius 2 is 1.61 bits per heavy atom. The number of carboxylic acids is 1. The van der Waals surface area contributed by atoms with Crippen LogP contribution in [0.25, 0.3) is 6.08 Å². The second-order valence-electron chi connectivity index (χ2n) is 6.28. The number of hydrogen-bond acceptors (Lipinski definition) is 6. The van der Waals surface area contributed by atoms with Crippen LogP contribution >= 0.6 is 0 Å². The van der Waals surface area contributed by atoms with Crippen LogP contribution in [0.15, 0.2) is 54.1 Å². The van der Waals surface area contributed by atoms with Crippen molar-refractivity contribution in [2.75, 3.05) is 23.9 Å². The van der Waals surface area contributed by atoms with E-state index in [4.69, 9.17) is 0 Å². The fraction of sp³-hybridized carbons (Fsp3) is 0.100. The minimum atomic E-state index is -1.38. The summed E-state index contributed by atoms with van der Waals surface area (Å²) in [6, 6.07) is 11.3. The predicted octanol–water partition coefficient (Wildman–Crippen LogP) is 0.782. The van der Waals surface area contributed by atoms with E-state index in [0.29, 0.717) is 5.56 Å². The molecule has 1 fully saturated rings. The van der Waals surface area contributed by atoms with Gasteiger partial charge in [0, 0.05) is 19.8 Å². The SMILES string of the molecule is CN(C)c1ccc(/C=C2/C(=O)NC(=O)N(c3ccc(C(=O)[O-])cc3)C2=O)cc1. The van der Waals surface area contributed by atoms with Gasteiger partial charge in [0.05, 0.1) is 11.7 Å². The van der Waals surface area contributed by atoms with Gasteiger partial charge in [-0.25, -0.2) is 9.69 Å². The first kappa shape index (κ1) is 18.8. The first-order valence-electron chi connectivity index (χ1n) is 8.28. The monoisotopic (exact) mass is 378 g/mol. The highest BCUT2D eigenvalue weighted by molar-refractivity contribution is 6.39. The molecule has 142 valence electrons. The molecule has 8 heteroatoms. The van der Waals surface area contributed by atoms with Crippen molar-refractivity contribution in [3.63, 3.8) is 0 Å². The third-order valence-electron chi connectivity index (χ3n) is 4.18. The number of rotatable bonds is 4. The molecule has 0 atom stereocenters. The normalized spacial score (nSPS) is 15.6. The molecule has 0 aliphatic carbocycles. The van der Waals surface area contributed by atoms with E-state index in [0.717, 1.165) is 10.6 Å². The number of carbonyl (C=O) groups is 4. The third-order valence-corrected chi connectivity index (χ3v) is 4.18. The van der Waals surface area contributed by atoms with Crippen LogP contribution in [0.4, 0.5) is 16.2 Å². The van der Waals surface area contributed by atoms with Crippen molar-refractivity contribution >= 4 is 41.3 Å². The lowest BCUT2D eigenvalue weighted by Gasteiger charge is -2.26. The van der Waals surface area contributed by atoms with E-state index in [9.17, 15) is 24.3 Å². The van der Waals surface area contributed by atoms with Crippen LogP contribution in [0, 0.1) is 0 Å². The van der Waals surface area contributed by atoms with Crippen LogP contribution in [-0.4, -0.2) is 37.9 Å². The summed E-state index contributed by atoms with van der Waals surface area (Å²) in [6.07, 6.45) is 1.39. The van der Waals surface area contributed by atoms with Gasteiger partial charge in [-0.1, -0.05) is 24.3 Å². The fourth-order valence-corrected chi connectivity index (χ4v) is 2.67. The van der Waals surface area contributed by atoms with Gasteiger partial charge in [-0.15, -0.1) is 0 Å². The Kier molecular flexibility index (Phi) is 4.95. The van der Waals surface area contributed by atoms with Gasteiger partial charge in [-0.05, 0) is 41.5 Å². The van der Waals surface area contributed by atoms with E-state index in [-0.39, 0.29) is 16.8 Å². The quantitative estimate of drug-likeness (QED) is 0.622. The lowest BCUT2D eigenvalue weighted by molar-refractivity contribution is -0.255. The van der Waals surface area contributed by atoms with Crippen molar-refractivity contribution in [3.8, 4) is 0 Å². The maximum Gasteiger partial charge on any atom is 0.335 e. The summed E-state index contributed by atoms with van der Waals surface area (Å²) in [5, 5.41) is 13.0. The molecule has 0 aromatic heterocycles. The third kappa shape index (κ3) is 3.61. The molecule has 0 radical (unpaired) electrons. The minimum absolute atomic E-state index is 0.0959. The molecule has 0 saturated carbocycles. The zero-order chi connectivity index (χ0) is 20.4. The molecular formula is C20H16N3O5-. The summed E-state index contributed by atoms with van der Waals surface area (Å²) >= 11 is 0. The molecule has 3 rings (SSSR count).